The quantitative estimate of drug-likeness (QED) is 0.198. The zero-order valence-electron chi connectivity index (χ0n) is 28.5. The molecule has 52 heavy (non-hydrogen) atoms. The molecular formula is C51H33N. The van der Waals surface area contributed by atoms with Crippen molar-refractivity contribution in [3.05, 3.63) is 216 Å². The third-order valence-corrected chi connectivity index (χ3v) is 11.4. The predicted octanol–water partition coefficient (Wildman–Crippen LogP) is 13.4. The van der Waals surface area contributed by atoms with Gasteiger partial charge in [0.25, 0.3) is 0 Å². The van der Waals surface area contributed by atoms with Crippen molar-refractivity contribution in [2.75, 3.05) is 5.32 Å². The van der Waals surface area contributed by atoms with Crippen molar-refractivity contribution >= 4 is 32.9 Å². The molecule has 1 heteroatoms. The van der Waals surface area contributed by atoms with Crippen LogP contribution in [0, 0.1) is 0 Å². The molecule has 2 aliphatic carbocycles. The Balaban J connectivity index is 0.954. The molecule has 0 saturated carbocycles. The molecule has 1 N–H and O–H groups in total. The number of hydrogen-bond acceptors (Lipinski definition) is 1. The summed E-state index contributed by atoms with van der Waals surface area (Å²) in [6.07, 6.45) is 0. The topological polar surface area (TPSA) is 12.0 Å². The Bertz CT molecular complexity index is 2830. The van der Waals surface area contributed by atoms with Gasteiger partial charge in [0.05, 0.1) is 5.41 Å². The molecule has 0 heterocycles. The Hall–Kier alpha value is -6.70. The number of nitrogens with one attached hydrogen (secondary N) is 1. The molecule has 0 fully saturated rings. The highest BCUT2D eigenvalue weighted by Gasteiger charge is 2.51. The van der Waals surface area contributed by atoms with Gasteiger partial charge in [-0.2, -0.15) is 0 Å². The number of fused-ring (bicyclic) bond motifs is 12. The molecule has 9 aromatic rings. The zero-order valence-corrected chi connectivity index (χ0v) is 28.5. The van der Waals surface area contributed by atoms with Crippen LogP contribution < -0.4 is 5.32 Å². The first-order chi connectivity index (χ1) is 25.8. The monoisotopic (exact) mass is 659 g/mol. The van der Waals surface area contributed by atoms with Gasteiger partial charge in [0.1, 0.15) is 0 Å². The molecule has 0 radical (unpaired) electrons. The molecule has 1 spiro atoms. The lowest BCUT2D eigenvalue weighted by Crippen LogP contribution is -2.25. The van der Waals surface area contributed by atoms with Crippen molar-refractivity contribution in [1.29, 1.82) is 0 Å². The van der Waals surface area contributed by atoms with Gasteiger partial charge < -0.3 is 5.32 Å². The van der Waals surface area contributed by atoms with Crippen molar-refractivity contribution in [3.8, 4) is 44.5 Å². The molecule has 2 aliphatic rings. The summed E-state index contributed by atoms with van der Waals surface area (Å²) in [7, 11) is 0. The van der Waals surface area contributed by atoms with Crippen LogP contribution in [0.1, 0.15) is 22.3 Å². The van der Waals surface area contributed by atoms with Crippen LogP contribution in [0.5, 0.6) is 0 Å². The van der Waals surface area contributed by atoms with Gasteiger partial charge in [0, 0.05) is 16.9 Å². The van der Waals surface area contributed by atoms with E-state index in [1.54, 1.807) is 0 Å². The molecule has 0 atom stereocenters. The minimum atomic E-state index is -0.342. The first-order valence-corrected chi connectivity index (χ1v) is 18.1. The van der Waals surface area contributed by atoms with Crippen molar-refractivity contribution in [1.82, 2.24) is 0 Å². The van der Waals surface area contributed by atoms with E-state index in [4.69, 9.17) is 0 Å². The second kappa shape index (κ2) is 11.2. The first kappa shape index (κ1) is 29.1. The van der Waals surface area contributed by atoms with Crippen molar-refractivity contribution in [2.45, 2.75) is 5.41 Å². The maximum absolute atomic E-state index is 3.85. The molecule has 0 amide bonds. The van der Waals surface area contributed by atoms with Gasteiger partial charge in [-0.3, -0.25) is 0 Å². The third kappa shape index (κ3) is 4.17. The normalized spacial score (nSPS) is 13.2. The van der Waals surface area contributed by atoms with Crippen LogP contribution in [0.15, 0.2) is 194 Å². The fourth-order valence-electron chi connectivity index (χ4n) is 9.12. The van der Waals surface area contributed by atoms with Gasteiger partial charge in [0.2, 0.25) is 0 Å². The van der Waals surface area contributed by atoms with Gasteiger partial charge in [-0.05, 0) is 119 Å². The summed E-state index contributed by atoms with van der Waals surface area (Å²) >= 11 is 0. The van der Waals surface area contributed by atoms with Crippen molar-refractivity contribution in [3.63, 3.8) is 0 Å². The maximum Gasteiger partial charge on any atom is 0.0726 e. The van der Waals surface area contributed by atoms with E-state index in [0.29, 0.717) is 0 Å². The van der Waals surface area contributed by atoms with E-state index in [0.717, 1.165) is 11.4 Å². The van der Waals surface area contributed by atoms with Crippen molar-refractivity contribution < 1.29 is 0 Å². The molecule has 0 saturated heterocycles. The molecular weight excluding hydrogens is 627 g/mol. The first-order valence-electron chi connectivity index (χ1n) is 18.1. The fourth-order valence-corrected chi connectivity index (χ4v) is 9.12. The summed E-state index contributed by atoms with van der Waals surface area (Å²) in [6, 6.07) is 71.5. The third-order valence-electron chi connectivity index (χ3n) is 11.4. The lowest BCUT2D eigenvalue weighted by molar-refractivity contribution is 0.794. The summed E-state index contributed by atoms with van der Waals surface area (Å²) in [6.45, 7) is 0. The largest absolute Gasteiger partial charge is 0.355 e. The lowest BCUT2D eigenvalue weighted by atomic mass is 9.70. The highest BCUT2D eigenvalue weighted by molar-refractivity contribution is 5.99. The number of rotatable bonds is 4. The van der Waals surface area contributed by atoms with Crippen LogP contribution in [-0.4, -0.2) is 0 Å². The van der Waals surface area contributed by atoms with Gasteiger partial charge >= 0.3 is 0 Å². The Kier molecular flexibility index (Phi) is 6.23. The van der Waals surface area contributed by atoms with Crippen LogP contribution in [-0.2, 0) is 5.41 Å². The molecule has 242 valence electrons. The predicted molar refractivity (Wildman–Crippen MR) is 218 cm³/mol. The fraction of sp³-hybridized carbons (Fsp3) is 0.0196. The van der Waals surface area contributed by atoms with E-state index in [1.807, 2.05) is 0 Å². The number of benzene rings is 9. The zero-order chi connectivity index (χ0) is 34.2. The van der Waals surface area contributed by atoms with Crippen LogP contribution in [0.4, 0.5) is 11.4 Å². The van der Waals surface area contributed by atoms with E-state index < -0.39 is 0 Å². The van der Waals surface area contributed by atoms with Crippen LogP contribution >= 0.6 is 0 Å². The average molecular weight is 660 g/mol. The number of anilines is 2. The summed E-state index contributed by atoms with van der Waals surface area (Å²) in [4.78, 5) is 0. The van der Waals surface area contributed by atoms with E-state index in [2.05, 4.69) is 199 Å². The van der Waals surface area contributed by atoms with E-state index in [1.165, 1.54) is 88.3 Å². The SMILES string of the molecule is c1ccc2c(c1)-c1ccccc1C21c2ccccc2-c2c(Nc3ccc(-c4ccc5ccc(-c6ccc7ccccc7c6)cc5c4)cc3)cccc21. The number of hydrogen-bond donors (Lipinski definition) is 1. The van der Waals surface area contributed by atoms with Crippen molar-refractivity contribution in [2.24, 2.45) is 0 Å². The second-order valence-corrected chi connectivity index (χ2v) is 14.2. The summed E-state index contributed by atoms with van der Waals surface area (Å²) < 4.78 is 0. The Morgan fingerprint density at radius 3 is 1.42 bits per heavy atom. The van der Waals surface area contributed by atoms with Gasteiger partial charge in [-0.15, -0.1) is 0 Å². The summed E-state index contributed by atoms with van der Waals surface area (Å²) in [5.41, 5.74) is 17.4. The summed E-state index contributed by atoms with van der Waals surface area (Å²) in [5, 5.41) is 8.87. The van der Waals surface area contributed by atoms with E-state index in [9.17, 15) is 0 Å². The highest BCUT2D eigenvalue weighted by Crippen LogP contribution is 2.63. The average Bonchev–Trinajstić information content (AvgIpc) is 3.69. The standard InChI is InChI=1S/C51H33N/c1-2-11-36-30-38(24-20-33(36)10-1)39-25-22-35-21-23-37(31-40(35)32-39)34-26-28-41(29-27-34)52-49-19-9-18-48-50(49)44-14-5-8-17-47(44)51(48)45-15-6-3-12-42(45)43-13-4-7-16-46(43)51/h1-32,52H. The lowest BCUT2D eigenvalue weighted by Gasteiger charge is -2.30. The molecule has 0 aromatic heterocycles. The smallest absolute Gasteiger partial charge is 0.0726 e. The molecule has 0 unspecified atom stereocenters. The van der Waals surface area contributed by atoms with Crippen LogP contribution in [0.25, 0.3) is 66.1 Å². The van der Waals surface area contributed by atoms with E-state index in [-0.39, 0.29) is 5.41 Å². The van der Waals surface area contributed by atoms with Gasteiger partial charge in [0.15, 0.2) is 0 Å². The highest BCUT2D eigenvalue weighted by atomic mass is 14.9. The van der Waals surface area contributed by atoms with Crippen LogP contribution in [0.3, 0.4) is 0 Å². The molecule has 9 aromatic carbocycles. The second-order valence-electron chi connectivity index (χ2n) is 14.2. The Morgan fingerprint density at radius 2 is 0.769 bits per heavy atom. The minimum absolute atomic E-state index is 0.342. The molecule has 11 rings (SSSR count). The molecule has 1 nitrogen and oxygen atoms in total. The molecule has 0 bridgehead atoms. The Morgan fingerprint density at radius 1 is 0.308 bits per heavy atom. The van der Waals surface area contributed by atoms with E-state index >= 15 is 0 Å². The minimum Gasteiger partial charge on any atom is -0.355 e. The van der Waals surface area contributed by atoms with Gasteiger partial charge in [-0.1, -0.05) is 158 Å². The van der Waals surface area contributed by atoms with Gasteiger partial charge in [-0.25, -0.2) is 0 Å². The molecule has 0 aliphatic heterocycles. The Labute approximate surface area is 303 Å². The summed E-state index contributed by atoms with van der Waals surface area (Å²) in [5.74, 6) is 0. The maximum atomic E-state index is 3.85. The van der Waals surface area contributed by atoms with Crippen LogP contribution in [0.2, 0.25) is 0 Å².